The molecule has 2 saturated heterocycles. The van der Waals surface area contributed by atoms with Crippen LogP contribution in [0.15, 0.2) is 0 Å². The Labute approximate surface area is 99.5 Å². The van der Waals surface area contributed by atoms with Gasteiger partial charge in [-0.1, -0.05) is 22.6 Å². The number of β-lactam (4-membered cyclic amide) rings is 1. The van der Waals surface area contributed by atoms with Gasteiger partial charge in [-0.25, -0.2) is 4.79 Å². The minimum atomic E-state index is -0.901. The van der Waals surface area contributed by atoms with Gasteiger partial charge in [0.25, 0.3) is 0 Å². The Morgan fingerprint density at radius 1 is 1.64 bits per heavy atom. The molecule has 2 aliphatic heterocycles. The molecule has 0 radical (unpaired) electrons. The van der Waals surface area contributed by atoms with E-state index in [1.807, 2.05) is 13.8 Å². The van der Waals surface area contributed by atoms with Crippen LogP contribution in [0.5, 0.6) is 0 Å². The fourth-order valence-electron chi connectivity index (χ4n) is 1.97. The predicted octanol–water partition coefficient (Wildman–Crippen LogP) is 0.937. The summed E-state index contributed by atoms with van der Waals surface area (Å²) in [5.74, 6) is -0.942. The summed E-state index contributed by atoms with van der Waals surface area (Å²) in [6.07, 6.45) is 0. The van der Waals surface area contributed by atoms with Crippen molar-refractivity contribution in [1.29, 1.82) is 0 Å². The monoisotopic (exact) mass is 327 g/mol. The maximum atomic E-state index is 11.5. The number of alkyl halides is 1. The van der Waals surface area contributed by atoms with Gasteiger partial charge in [0, 0.05) is 4.75 Å². The molecule has 0 spiro atoms. The van der Waals surface area contributed by atoms with Crippen molar-refractivity contribution in [3.8, 4) is 0 Å². The smallest absolute Gasteiger partial charge is 0.327 e. The van der Waals surface area contributed by atoms with Crippen molar-refractivity contribution >= 4 is 46.2 Å². The Balaban J connectivity index is 2.32. The minimum Gasteiger partial charge on any atom is -0.480 e. The number of hydrogen-bond donors (Lipinski definition) is 1. The lowest BCUT2D eigenvalue weighted by Crippen LogP contribution is -2.63. The average Bonchev–Trinajstić information content (AvgIpc) is 2.34. The zero-order valence-electron chi connectivity index (χ0n) is 7.73. The van der Waals surface area contributed by atoms with Gasteiger partial charge in [-0.05, 0) is 13.8 Å². The second-order valence-electron chi connectivity index (χ2n) is 4.00. The number of carbonyl (C=O) groups is 2. The van der Waals surface area contributed by atoms with Crippen LogP contribution >= 0.6 is 34.4 Å². The van der Waals surface area contributed by atoms with Gasteiger partial charge in [-0.3, -0.25) is 4.79 Å². The lowest BCUT2D eigenvalue weighted by molar-refractivity contribution is -0.156. The topological polar surface area (TPSA) is 57.6 Å². The number of hydrogen-bond acceptors (Lipinski definition) is 3. The van der Waals surface area contributed by atoms with E-state index < -0.39 is 12.0 Å². The normalized spacial score (nSPS) is 39.2. The van der Waals surface area contributed by atoms with Gasteiger partial charge in [-0.2, -0.15) is 0 Å². The summed E-state index contributed by atoms with van der Waals surface area (Å²) in [6.45, 7) is 3.76. The number of carbonyl (C=O) groups excluding carboxylic acids is 1. The van der Waals surface area contributed by atoms with Crippen molar-refractivity contribution in [2.45, 2.75) is 33.9 Å². The second-order valence-corrected chi connectivity index (χ2v) is 7.11. The van der Waals surface area contributed by atoms with E-state index in [1.165, 1.54) is 4.90 Å². The van der Waals surface area contributed by atoms with Gasteiger partial charge in [-0.15, -0.1) is 11.8 Å². The highest BCUT2D eigenvalue weighted by Crippen LogP contribution is 2.52. The Kier molecular flexibility index (Phi) is 2.26. The second kappa shape index (κ2) is 3.01. The largest absolute Gasteiger partial charge is 0.480 e. The average molecular weight is 327 g/mol. The van der Waals surface area contributed by atoms with E-state index >= 15 is 0 Å². The first-order chi connectivity index (χ1) is 6.36. The van der Waals surface area contributed by atoms with Crippen LogP contribution in [-0.2, 0) is 9.59 Å². The highest BCUT2D eigenvalue weighted by atomic mass is 127. The molecular formula is C8H10INO3S. The van der Waals surface area contributed by atoms with Crippen molar-refractivity contribution in [3.63, 3.8) is 0 Å². The summed E-state index contributed by atoms with van der Waals surface area (Å²) >= 11 is 3.66. The van der Waals surface area contributed by atoms with Crippen LogP contribution in [0.2, 0.25) is 0 Å². The third-order valence-corrected chi connectivity index (χ3v) is 5.88. The number of amides is 1. The molecule has 78 valence electrons. The predicted molar refractivity (Wildman–Crippen MR) is 61.5 cm³/mol. The summed E-state index contributed by atoms with van der Waals surface area (Å²) in [7, 11) is 0. The highest BCUT2D eigenvalue weighted by Gasteiger charge is 2.62. The first kappa shape index (κ1) is 10.5. The molecule has 0 aromatic heterocycles. The zero-order valence-corrected chi connectivity index (χ0v) is 10.7. The maximum absolute atomic E-state index is 11.5. The Morgan fingerprint density at radius 3 is 2.71 bits per heavy atom. The van der Waals surface area contributed by atoms with Crippen LogP contribution in [0, 0.1) is 0 Å². The summed E-state index contributed by atoms with van der Waals surface area (Å²) in [5, 5.41) is 9.12. The molecule has 1 amide bonds. The van der Waals surface area contributed by atoms with Gasteiger partial charge in [0.1, 0.15) is 15.3 Å². The lowest BCUT2D eigenvalue weighted by Gasteiger charge is -2.40. The van der Waals surface area contributed by atoms with Crippen LogP contribution in [0.25, 0.3) is 0 Å². The van der Waals surface area contributed by atoms with Gasteiger partial charge >= 0.3 is 5.97 Å². The first-order valence-corrected chi connectivity index (χ1v) is 6.35. The van der Waals surface area contributed by atoms with Crippen LogP contribution < -0.4 is 0 Å². The molecule has 2 heterocycles. The molecule has 0 saturated carbocycles. The molecule has 0 aromatic rings. The number of fused-ring (bicyclic) bond motifs is 1. The lowest BCUT2D eigenvalue weighted by atomic mass is 9.98. The highest BCUT2D eigenvalue weighted by molar-refractivity contribution is 14.1. The van der Waals surface area contributed by atoms with Gasteiger partial charge in [0.2, 0.25) is 5.91 Å². The third-order valence-electron chi connectivity index (χ3n) is 2.61. The van der Waals surface area contributed by atoms with E-state index in [4.69, 9.17) is 5.11 Å². The molecule has 1 N–H and O–H groups in total. The van der Waals surface area contributed by atoms with Crippen molar-refractivity contribution in [2.24, 2.45) is 0 Å². The number of aliphatic carboxylic acids is 1. The standard InChI is InChI=1S/C8H10INO3S/c1-8(2)4(7(12)13)10-5(11)3(9)6(10)14-8/h3-4,6H,1-2H3,(H,12,13)/t3?,4-,6+/m0/s1. The Bertz CT molecular complexity index is 320. The molecule has 3 atom stereocenters. The number of rotatable bonds is 1. The first-order valence-electron chi connectivity index (χ1n) is 4.23. The van der Waals surface area contributed by atoms with Crippen molar-refractivity contribution in [3.05, 3.63) is 0 Å². The maximum Gasteiger partial charge on any atom is 0.327 e. The van der Waals surface area contributed by atoms with Crippen LogP contribution in [0.3, 0.4) is 0 Å². The SMILES string of the molecule is CC1(C)S[C@@H]2C(I)C(=O)N2[C@H]1C(=O)O. The number of carboxylic acids is 1. The van der Waals surface area contributed by atoms with Gasteiger partial charge in [0.15, 0.2) is 0 Å². The summed E-state index contributed by atoms with van der Waals surface area (Å²) in [4.78, 5) is 24.0. The summed E-state index contributed by atoms with van der Waals surface area (Å²) < 4.78 is -0.437. The number of thioether (sulfide) groups is 1. The molecule has 0 aromatic carbocycles. The van der Waals surface area contributed by atoms with E-state index in [-0.39, 0.29) is 20.0 Å². The summed E-state index contributed by atoms with van der Waals surface area (Å²) in [5.41, 5.74) is 0. The number of halogens is 1. The molecule has 1 unspecified atom stereocenters. The van der Waals surface area contributed by atoms with Crippen molar-refractivity contribution in [2.75, 3.05) is 0 Å². The molecule has 0 bridgehead atoms. The fourth-order valence-corrected chi connectivity index (χ4v) is 4.62. The molecule has 2 fully saturated rings. The Morgan fingerprint density at radius 2 is 2.21 bits per heavy atom. The zero-order chi connectivity index (χ0) is 10.7. The van der Waals surface area contributed by atoms with Crippen LogP contribution in [0.1, 0.15) is 13.8 Å². The molecule has 14 heavy (non-hydrogen) atoms. The molecule has 6 heteroatoms. The van der Waals surface area contributed by atoms with Crippen molar-refractivity contribution in [1.82, 2.24) is 4.90 Å². The van der Waals surface area contributed by atoms with Crippen molar-refractivity contribution < 1.29 is 14.7 Å². The minimum absolute atomic E-state index is 0.0407. The van der Waals surface area contributed by atoms with E-state index in [0.717, 1.165) is 0 Å². The van der Waals surface area contributed by atoms with Crippen LogP contribution in [0.4, 0.5) is 0 Å². The van der Waals surface area contributed by atoms with E-state index in [2.05, 4.69) is 22.6 Å². The molecule has 2 aliphatic rings. The quantitative estimate of drug-likeness (QED) is 0.442. The molecule has 4 nitrogen and oxygen atoms in total. The van der Waals surface area contributed by atoms with E-state index in [9.17, 15) is 9.59 Å². The van der Waals surface area contributed by atoms with E-state index in [1.54, 1.807) is 11.8 Å². The molecular weight excluding hydrogens is 317 g/mol. The van der Waals surface area contributed by atoms with Crippen LogP contribution in [-0.4, -0.2) is 42.0 Å². The number of carboxylic acid groups (broad SMARTS) is 1. The Hall–Kier alpha value is 0.0200. The molecule has 2 rings (SSSR count). The van der Waals surface area contributed by atoms with Gasteiger partial charge in [0.05, 0.1) is 0 Å². The van der Waals surface area contributed by atoms with E-state index in [0.29, 0.717) is 0 Å². The summed E-state index contributed by atoms with van der Waals surface area (Å²) in [6, 6.07) is -0.670. The third kappa shape index (κ3) is 1.19. The fraction of sp³-hybridized carbons (Fsp3) is 0.750. The molecule has 0 aliphatic carbocycles. The number of nitrogens with zero attached hydrogens (tertiary/aromatic N) is 1. The van der Waals surface area contributed by atoms with Gasteiger partial charge < -0.3 is 10.0 Å².